The maximum absolute atomic E-state index is 10.5. The molecular formula is C29H38N2O2. The standard InChI is InChI=1S/C29H38N2O2/c1-5-17-30(21-28(32)23-33-22-25-10-7-6-8-11-25)20-27-12-9-18-31(27)19-24-13-15-26(16-14-24)29(2,3)4/h5-16,18,28,32H,1,17,19-23H2,2-4H3. The van der Waals surface area contributed by atoms with E-state index in [2.05, 4.69) is 79.4 Å². The zero-order valence-electron chi connectivity index (χ0n) is 20.3. The monoisotopic (exact) mass is 446 g/mol. The van der Waals surface area contributed by atoms with Crippen molar-refractivity contribution in [3.05, 3.63) is 108 Å². The lowest BCUT2D eigenvalue weighted by atomic mass is 9.87. The van der Waals surface area contributed by atoms with Crippen LogP contribution in [0.4, 0.5) is 0 Å². The zero-order chi connectivity index (χ0) is 23.7. The molecule has 33 heavy (non-hydrogen) atoms. The lowest BCUT2D eigenvalue weighted by Gasteiger charge is -2.24. The Morgan fingerprint density at radius 3 is 2.39 bits per heavy atom. The van der Waals surface area contributed by atoms with Crippen LogP contribution in [0.5, 0.6) is 0 Å². The van der Waals surface area contributed by atoms with Crippen LogP contribution in [0.15, 0.2) is 85.6 Å². The minimum atomic E-state index is -0.554. The number of hydrogen-bond donors (Lipinski definition) is 1. The molecule has 0 spiro atoms. The van der Waals surface area contributed by atoms with Gasteiger partial charge < -0.3 is 14.4 Å². The van der Waals surface area contributed by atoms with Crippen LogP contribution in [0.25, 0.3) is 0 Å². The summed E-state index contributed by atoms with van der Waals surface area (Å²) >= 11 is 0. The average molecular weight is 447 g/mol. The Hall–Kier alpha value is -2.66. The Bertz CT molecular complexity index is 971. The fraction of sp³-hybridized carbons (Fsp3) is 0.379. The van der Waals surface area contributed by atoms with E-state index in [1.54, 1.807) is 0 Å². The van der Waals surface area contributed by atoms with Crippen molar-refractivity contribution in [3.63, 3.8) is 0 Å². The molecule has 0 saturated heterocycles. The van der Waals surface area contributed by atoms with Gasteiger partial charge in [-0.15, -0.1) is 6.58 Å². The van der Waals surface area contributed by atoms with Crippen molar-refractivity contribution in [2.24, 2.45) is 0 Å². The van der Waals surface area contributed by atoms with Gasteiger partial charge in [0.2, 0.25) is 0 Å². The van der Waals surface area contributed by atoms with E-state index in [1.165, 1.54) is 16.8 Å². The summed E-state index contributed by atoms with van der Waals surface area (Å²) in [4.78, 5) is 2.21. The summed E-state index contributed by atoms with van der Waals surface area (Å²) in [5.74, 6) is 0. The molecule has 0 radical (unpaired) electrons. The maximum atomic E-state index is 10.5. The van der Waals surface area contributed by atoms with E-state index in [4.69, 9.17) is 4.74 Å². The zero-order valence-corrected chi connectivity index (χ0v) is 20.3. The minimum absolute atomic E-state index is 0.161. The molecule has 0 aliphatic rings. The first kappa shape index (κ1) is 25.0. The number of aliphatic hydroxyl groups excluding tert-OH is 1. The molecule has 0 fully saturated rings. The molecule has 0 amide bonds. The molecule has 2 aromatic carbocycles. The second-order valence-corrected chi connectivity index (χ2v) is 9.71. The first-order valence-electron chi connectivity index (χ1n) is 11.7. The molecule has 1 N–H and O–H groups in total. The lowest BCUT2D eigenvalue weighted by molar-refractivity contribution is 0.0101. The molecule has 4 heteroatoms. The number of aromatic nitrogens is 1. The predicted molar refractivity (Wildman–Crippen MR) is 136 cm³/mol. The van der Waals surface area contributed by atoms with Gasteiger partial charge in [-0.3, -0.25) is 4.90 Å². The van der Waals surface area contributed by atoms with Gasteiger partial charge in [-0.25, -0.2) is 0 Å². The number of nitrogens with zero attached hydrogens (tertiary/aromatic N) is 2. The molecular weight excluding hydrogens is 408 g/mol. The summed E-state index contributed by atoms with van der Waals surface area (Å²) in [6, 6.07) is 23.2. The van der Waals surface area contributed by atoms with Crippen LogP contribution >= 0.6 is 0 Å². The third-order valence-electron chi connectivity index (χ3n) is 5.76. The van der Waals surface area contributed by atoms with E-state index in [-0.39, 0.29) is 5.41 Å². The van der Waals surface area contributed by atoms with Crippen molar-refractivity contribution in [2.45, 2.75) is 52.0 Å². The van der Waals surface area contributed by atoms with Gasteiger partial charge in [0.25, 0.3) is 0 Å². The highest BCUT2D eigenvalue weighted by Gasteiger charge is 2.15. The molecule has 0 aliphatic heterocycles. The highest BCUT2D eigenvalue weighted by molar-refractivity contribution is 5.28. The van der Waals surface area contributed by atoms with E-state index in [0.717, 1.165) is 18.7 Å². The number of rotatable bonds is 12. The third-order valence-corrected chi connectivity index (χ3v) is 5.76. The van der Waals surface area contributed by atoms with E-state index in [0.29, 0.717) is 26.3 Å². The van der Waals surface area contributed by atoms with Crippen LogP contribution < -0.4 is 0 Å². The van der Waals surface area contributed by atoms with Crippen molar-refractivity contribution in [2.75, 3.05) is 19.7 Å². The van der Waals surface area contributed by atoms with E-state index in [9.17, 15) is 5.11 Å². The summed E-state index contributed by atoms with van der Waals surface area (Å²) in [7, 11) is 0. The van der Waals surface area contributed by atoms with Gasteiger partial charge in [0.15, 0.2) is 0 Å². The first-order valence-corrected chi connectivity index (χ1v) is 11.7. The summed E-state index contributed by atoms with van der Waals surface area (Å²) in [6.07, 6.45) is 3.45. The summed E-state index contributed by atoms with van der Waals surface area (Å²) in [6.45, 7) is 14.2. The molecule has 1 atom stereocenters. The second-order valence-electron chi connectivity index (χ2n) is 9.71. The maximum Gasteiger partial charge on any atom is 0.0900 e. The molecule has 176 valence electrons. The van der Waals surface area contributed by atoms with Crippen LogP contribution in [0.2, 0.25) is 0 Å². The van der Waals surface area contributed by atoms with Crippen LogP contribution in [0, 0.1) is 0 Å². The van der Waals surface area contributed by atoms with Gasteiger partial charge in [-0.05, 0) is 34.2 Å². The third kappa shape index (κ3) is 8.01. The highest BCUT2D eigenvalue weighted by Crippen LogP contribution is 2.22. The van der Waals surface area contributed by atoms with Gasteiger partial charge in [0.05, 0.1) is 19.3 Å². The normalized spacial score (nSPS) is 12.8. The van der Waals surface area contributed by atoms with Crippen LogP contribution in [0.3, 0.4) is 0 Å². The smallest absolute Gasteiger partial charge is 0.0900 e. The number of ether oxygens (including phenoxy) is 1. The number of benzene rings is 2. The van der Waals surface area contributed by atoms with Crippen LogP contribution in [-0.4, -0.2) is 40.4 Å². The average Bonchev–Trinajstić information content (AvgIpc) is 3.21. The Kier molecular flexibility index (Phi) is 9.07. The molecule has 3 rings (SSSR count). The molecule has 1 unspecified atom stereocenters. The van der Waals surface area contributed by atoms with Crippen molar-refractivity contribution >= 4 is 0 Å². The van der Waals surface area contributed by atoms with Gasteiger partial charge >= 0.3 is 0 Å². The summed E-state index contributed by atoms with van der Waals surface area (Å²) < 4.78 is 8.00. The summed E-state index contributed by atoms with van der Waals surface area (Å²) in [5.41, 5.74) is 5.12. The van der Waals surface area contributed by atoms with Crippen LogP contribution in [0.1, 0.15) is 43.2 Å². The summed E-state index contributed by atoms with van der Waals surface area (Å²) in [5, 5.41) is 10.5. The Morgan fingerprint density at radius 1 is 1.00 bits per heavy atom. The second kappa shape index (κ2) is 12.0. The Labute approximate surface area is 199 Å². The molecule has 0 bridgehead atoms. The van der Waals surface area contributed by atoms with Crippen molar-refractivity contribution < 1.29 is 9.84 Å². The first-order chi connectivity index (χ1) is 15.8. The fourth-order valence-electron chi connectivity index (χ4n) is 3.91. The predicted octanol–water partition coefficient (Wildman–Crippen LogP) is 5.40. The largest absolute Gasteiger partial charge is 0.389 e. The van der Waals surface area contributed by atoms with E-state index < -0.39 is 6.10 Å². The SMILES string of the molecule is C=CCN(Cc1cccn1Cc1ccc(C(C)(C)C)cc1)CC(O)COCc1ccccc1. The molecule has 0 aliphatic carbocycles. The number of hydrogen-bond acceptors (Lipinski definition) is 3. The quantitative estimate of drug-likeness (QED) is 0.379. The van der Waals surface area contributed by atoms with Crippen LogP contribution in [-0.2, 0) is 29.8 Å². The van der Waals surface area contributed by atoms with Gasteiger partial charge in [-0.1, -0.05) is 81.4 Å². The Morgan fingerprint density at radius 2 is 1.73 bits per heavy atom. The highest BCUT2D eigenvalue weighted by atomic mass is 16.5. The van der Waals surface area contributed by atoms with E-state index in [1.807, 2.05) is 36.4 Å². The molecule has 1 aromatic heterocycles. The Balaban J connectivity index is 1.55. The molecule has 4 nitrogen and oxygen atoms in total. The van der Waals surface area contributed by atoms with Gasteiger partial charge in [-0.2, -0.15) is 0 Å². The van der Waals surface area contributed by atoms with Gasteiger partial charge in [0.1, 0.15) is 0 Å². The molecule has 1 heterocycles. The van der Waals surface area contributed by atoms with Crippen molar-refractivity contribution in [1.29, 1.82) is 0 Å². The molecule has 3 aromatic rings. The van der Waals surface area contributed by atoms with Gasteiger partial charge in [0, 0.05) is 38.1 Å². The topological polar surface area (TPSA) is 37.6 Å². The van der Waals surface area contributed by atoms with E-state index >= 15 is 0 Å². The molecule has 0 saturated carbocycles. The lowest BCUT2D eigenvalue weighted by Crippen LogP contribution is -2.35. The fourth-order valence-corrected chi connectivity index (χ4v) is 3.91. The number of aliphatic hydroxyl groups is 1. The van der Waals surface area contributed by atoms with Crippen molar-refractivity contribution in [3.8, 4) is 0 Å². The minimum Gasteiger partial charge on any atom is -0.389 e. The van der Waals surface area contributed by atoms with Crippen molar-refractivity contribution in [1.82, 2.24) is 9.47 Å².